The van der Waals surface area contributed by atoms with Crippen LogP contribution in [-0.4, -0.2) is 51.0 Å². The zero-order valence-corrected chi connectivity index (χ0v) is 19.0. The summed E-state index contributed by atoms with van der Waals surface area (Å²) in [5, 5.41) is 11.6. The summed E-state index contributed by atoms with van der Waals surface area (Å²) < 4.78 is 36.1. The van der Waals surface area contributed by atoms with E-state index in [-0.39, 0.29) is 5.13 Å². The van der Waals surface area contributed by atoms with Crippen LogP contribution in [0.1, 0.15) is 6.92 Å². The number of anilines is 2. The number of nitrogens with one attached hydrogen (secondary N) is 1. The summed E-state index contributed by atoms with van der Waals surface area (Å²) in [4.78, 5) is 12.8. The van der Waals surface area contributed by atoms with Crippen molar-refractivity contribution < 1.29 is 22.7 Å². The van der Waals surface area contributed by atoms with Crippen LogP contribution in [0, 0.1) is 0 Å². The lowest BCUT2D eigenvalue weighted by Gasteiger charge is -2.28. The number of methoxy groups -OCH3 is 2. The van der Waals surface area contributed by atoms with Gasteiger partial charge in [0.15, 0.2) is 0 Å². The fourth-order valence-electron chi connectivity index (χ4n) is 2.87. The Balaban J connectivity index is 1.78. The third-order valence-electron chi connectivity index (χ3n) is 4.41. The van der Waals surface area contributed by atoms with Crippen LogP contribution in [0.4, 0.5) is 10.8 Å². The van der Waals surface area contributed by atoms with Crippen molar-refractivity contribution in [2.75, 3.05) is 30.1 Å². The third-order valence-corrected chi connectivity index (χ3v) is 6.54. The van der Waals surface area contributed by atoms with E-state index in [1.807, 2.05) is 12.1 Å². The fraction of sp³-hybridized carbons (Fsp3) is 0.250. The molecule has 1 amide bonds. The molecular formula is C20H22N4O5S2. The number of carbonyl (C=O) groups excluding carboxylic acids is 1. The molecule has 1 N–H and O–H groups in total. The molecule has 0 saturated carbocycles. The lowest BCUT2D eigenvalue weighted by Crippen LogP contribution is -2.45. The maximum absolute atomic E-state index is 12.8. The van der Waals surface area contributed by atoms with Crippen LogP contribution in [-0.2, 0) is 14.8 Å². The lowest BCUT2D eigenvalue weighted by atomic mass is 10.2. The highest BCUT2D eigenvalue weighted by Crippen LogP contribution is 2.29. The Bertz CT molecular complexity index is 1150. The number of ether oxygens (including phenoxy) is 2. The molecule has 1 unspecified atom stereocenters. The minimum atomic E-state index is -3.73. The maximum Gasteiger partial charge on any atom is 0.249 e. The van der Waals surface area contributed by atoms with Gasteiger partial charge in [-0.15, -0.1) is 10.2 Å². The zero-order chi connectivity index (χ0) is 22.6. The summed E-state index contributed by atoms with van der Waals surface area (Å²) in [6.07, 6.45) is 1.05. The van der Waals surface area contributed by atoms with Crippen LogP contribution in [0.2, 0.25) is 0 Å². The lowest BCUT2D eigenvalue weighted by molar-refractivity contribution is -0.116. The highest BCUT2D eigenvalue weighted by atomic mass is 32.2. The fourth-order valence-corrected chi connectivity index (χ4v) is 4.80. The van der Waals surface area contributed by atoms with Gasteiger partial charge in [0.25, 0.3) is 0 Å². The number of sulfonamides is 1. The van der Waals surface area contributed by atoms with Gasteiger partial charge < -0.3 is 9.47 Å². The Kier molecular flexibility index (Phi) is 6.76. The Morgan fingerprint density at radius 3 is 2.06 bits per heavy atom. The molecular weight excluding hydrogens is 440 g/mol. The van der Waals surface area contributed by atoms with E-state index in [4.69, 9.17) is 9.47 Å². The van der Waals surface area contributed by atoms with E-state index in [0.29, 0.717) is 16.4 Å². The molecule has 0 aliphatic rings. The van der Waals surface area contributed by atoms with Crippen molar-refractivity contribution in [1.29, 1.82) is 0 Å². The molecule has 3 rings (SSSR count). The largest absolute Gasteiger partial charge is 0.497 e. The predicted octanol–water partition coefficient (Wildman–Crippen LogP) is 3.02. The topological polar surface area (TPSA) is 111 Å². The standard InChI is InChI=1S/C20H22N4O5S2/c1-13(24(31(4,26)27)15-7-11-17(29-3)12-8-15)18(25)21-20-23-22-19(30-20)14-5-9-16(28-2)10-6-14/h5-13H,1-4H3,(H,21,23,25). The van der Waals surface area contributed by atoms with E-state index >= 15 is 0 Å². The van der Waals surface area contributed by atoms with Gasteiger partial charge in [0, 0.05) is 5.56 Å². The minimum absolute atomic E-state index is 0.269. The maximum atomic E-state index is 12.8. The molecule has 1 atom stereocenters. The summed E-state index contributed by atoms with van der Waals surface area (Å²) in [6.45, 7) is 1.51. The predicted molar refractivity (Wildman–Crippen MR) is 120 cm³/mol. The van der Waals surface area contributed by atoms with Gasteiger partial charge in [-0.05, 0) is 55.5 Å². The number of carbonyl (C=O) groups is 1. The Morgan fingerprint density at radius 1 is 1.00 bits per heavy atom. The number of hydrogen-bond acceptors (Lipinski definition) is 8. The van der Waals surface area contributed by atoms with E-state index in [1.54, 1.807) is 43.5 Å². The van der Waals surface area contributed by atoms with Gasteiger partial charge >= 0.3 is 0 Å². The first kappa shape index (κ1) is 22.5. The van der Waals surface area contributed by atoms with Crippen LogP contribution in [0.15, 0.2) is 48.5 Å². The van der Waals surface area contributed by atoms with Crippen LogP contribution < -0.4 is 19.1 Å². The molecule has 11 heteroatoms. The van der Waals surface area contributed by atoms with Crippen molar-refractivity contribution in [2.45, 2.75) is 13.0 Å². The van der Waals surface area contributed by atoms with Crippen molar-refractivity contribution in [1.82, 2.24) is 10.2 Å². The van der Waals surface area contributed by atoms with Crippen molar-refractivity contribution in [3.63, 3.8) is 0 Å². The smallest absolute Gasteiger partial charge is 0.249 e. The second-order valence-corrected chi connectivity index (χ2v) is 9.40. The molecule has 1 aromatic heterocycles. The molecule has 164 valence electrons. The summed E-state index contributed by atoms with van der Waals surface area (Å²) in [5.74, 6) is 0.767. The molecule has 9 nitrogen and oxygen atoms in total. The number of hydrogen-bond donors (Lipinski definition) is 1. The van der Waals surface area contributed by atoms with Gasteiger partial charge in [0.2, 0.25) is 21.1 Å². The summed E-state index contributed by atoms with van der Waals surface area (Å²) in [5.41, 5.74) is 1.17. The van der Waals surface area contributed by atoms with Crippen molar-refractivity contribution in [2.24, 2.45) is 0 Å². The SMILES string of the molecule is COc1ccc(-c2nnc(NC(=O)C(C)N(c3ccc(OC)cc3)S(C)(=O)=O)s2)cc1. The van der Waals surface area contributed by atoms with Gasteiger partial charge in [-0.2, -0.15) is 0 Å². The van der Waals surface area contributed by atoms with E-state index in [9.17, 15) is 13.2 Å². The average Bonchev–Trinajstić information content (AvgIpc) is 3.21. The second-order valence-electron chi connectivity index (χ2n) is 6.56. The molecule has 0 radical (unpaired) electrons. The average molecular weight is 463 g/mol. The van der Waals surface area contributed by atoms with E-state index in [2.05, 4.69) is 15.5 Å². The molecule has 0 bridgehead atoms. The summed E-state index contributed by atoms with van der Waals surface area (Å²) >= 11 is 1.19. The van der Waals surface area contributed by atoms with Gasteiger partial charge in [-0.1, -0.05) is 11.3 Å². The number of amides is 1. The minimum Gasteiger partial charge on any atom is -0.497 e. The van der Waals surface area contributed by atoms with E-state index in [1.165, 1.54) is 25.4 Å². The van der Waals surface area contributed by atoms with Gasteiger partial charge in [-0.25, -0.2) is 8.42 Å². The molecule has 1 heterocycles. The summed E-state index contributed by atoms with van der Waals surface area (Å²) in [6, 6.07) is 12.7. The first-order valence-electron chi connectivity index (χ1n) is 9.15. The molecule has 0 spiro atoms. The number of aromatic nitrogens is 2. The number of benzene rings is 2. The molecule has 0 aliphatic carbocycles. The van der Waals surface area contributed by atoms with E-state index < -0.39 is 22.0 Å². The molecule has 0 fully saturated rings. The molecule has 0 saturated heterocycles. The van der Waals surface area contributed by atoms with Crippen LogP contribution >= 0.6 is 11.3 Å². The van der Waals surface area contributed by atoms with Crippen LogP contribution in [0.3, 0.4) is 0 Å². The third kappa shape index (κ3) is 5.30. The number of rotatable bonds is 8. The Morgan fingerprint density at radius 2 is 1.55 bits per heavy atom. The molecule has 0 aliphatic heterocycles. The first-order valence-corrected chi connectivity index (χ1v) is 11.8. The highest BCUT2D eigenvalue weighted by molar-refractivity contribution is 7.92. The van der Waals surface area contributed by atoms with Gasteiger partial charge in [0.1, 0.15) is 22.5 Å². The molecule has 31 heavy (non-hydrogen) atoms. The van der Waals surface area contributed by atoms with Gasteiger partial charge in [-0.3, -0.25) is 14.4 Å². The quantitative estimate of drug-likeness (QED) is 0.548. The Labute approximate surface area is 184 Å². The van der Waals surface area contributed by atoms with Crippen molar-refractivity contribution in [3.05, 3.63) is 48.5 Å². The Hall–Kier alpha value is -3.18. The second kappa shape index (κ2) is 9.31. The first-order chi connectivity index (χ1) is 14.7. The monoisotopic (exact) mass is 462 g/mol. The number of nitrogens with zero attached hydrogens (tertiary/aromatic N) is 3. The van der Waals surface area contributed by atoms with Crippen molar-refractivity contribution >= 4 is 38.1 Å². The normalized spacial score (nSPS) is 12.1. The van der Waals surface area contributed by atoms with Crippen LogP contribution in [0.5, 0.6) is 11.5 Å². The van der Waals surface area contributed by atoms with E-state index in [0.717, 1.165) is 21.9 Å². The van der Waals surface area contributed by atoms with Crippen molar-refractivity contribution in [3.8, 4) is 22.1 Å². The molecule has 2 aromatic carbocycles. The van der Waals surface area contributed by atoms with Crippen LogP contribution in [0.25, 0.3) is 10.6 Å². The zero-order valence-electron chi connectivity index (χ0n) is 17.4. The summed E-state index contributed by atoms with van der Waals surface area (Å²) in [7, 11) is -0.632. The molecule has 3 aromatic rings. The highest BCUT2D eigenvalue weighted by Gasteiger charge is 2.29. The van der Waals surface area contributed by atoms with Gasteiger partial charge in [0.05, 0.1) is 26.2 Å².